The van der Waals surface area contributed by atoms with Crippen LogP contribution in [0, 0.1) is 0 Å². The Labute approximate surface area is 125 Å². The first-order valence-electron chi connectivity index (χ1n) is 7.73. The summed E-state index contributed by atoms with van der Waals surface area (Å²) >= 11 is 0. The maximum absolute atomic E-state index is 12.5. The van der Waals surface area contributed by atoms with E-state index in [1.807, 2.05) is 13.8 Å². The first kappa shape index (κ1) is 17.6. The number of nitrogens with zero attached hydrogens (tertiary/aromatic N) is 1. The van der Waals surface area contributed by atoms with E-state index >= 15 is 0 Å². The van der Waals surface area contributed by atoms with Crippen LogP contribution in [0.2, 0.25) is 0 Å². The van der Waals surface area contributed by atoms with Gasteiger partial charge in [0.2, 0.25) is 11.8 Å². The van der Waals surface area contributed by atoms with E-state index in [9.17, 15) is 19.5 Å². The number of carboxylic acid groups (broad SMARTS) is 1. The zero-order valence-electron chi connectivity index (χ0n) is 13.3. The number of carbonyl (C=O) groups excluding carboxylic acids is 2. The van der Waals surface area contributed by atoms with Crippen LogP contribution in [0.4, 0.5) is 0 Å². The van der Waals surface area contributed by atoms with E-state index in [4.69, 9.17) is 0 Å². The van der Waals surface area contributed by atoms with E-state index in [1.165, 1.54) is 4.90 Å². The van der Waals surface area contributed by atoms with Crippen LogP contribution in [0.3, 0.4) is 0 Å². The van der Waals surface area contributed by atoms with Crippen LogP contribution < -0.4 is 5.32 Å². The monoisotopic (exact) mass is 298 g/mol. The molecule has 1 unspecified atom stereocenters. The standard InChI is InChI=1S/C15H26N2O4/c1-5-10(6-2)17-12(18)9-11(13(17)19)16-15(7-3,8-4)14(20)21/h10-11,16H,5-9H2,1-4H3,(H,20,21). The molecule has 1 saturated heterocycles. The number of rotatable bonds is 8. The number of imide groups is 1. The van der Waals surface area contributed by atoms with Gasteiger partial charge in [-0.2, -0.15) is 0 Å². The van der Waals surface area contributed by atoms with Crippen molar-refractivity contribution in [1.29, 1.82) is 0 Å². The molecular formula is C15H26N2O4. The molecule has 6 nitrogen and oxygen atoms in total. The molecule has 1 heterocycles. The highest BCUT2D eigenvalue weighted by Gasteiger charge is 2.46. The van der Waals surface area contributed by atoms with Gasteiger partial charge >= 0.3 is 5.97 Å². The van der Waals surface area contributed by atoms with Gasteiger partial charge in [-0.3, -0.25) is 24.6 Å². The van der Waals surface area contributed by atoms with Crippen molar-refractivity contribution in [2.75, 3.05) is 0 Å². The van der Waals surface area contributed by atoms with Crippen LogP contribution in [-0.2, 0) is 14.4 Å². The molecule has 6 heteroatoms. The Morgan fingerprint density at radius 2 is 1.81 bits per heavy atom. The third-order valence-electron chi connectivity index (χ3n) is 4.56. The topological polar surface area (TPSA) is 86.7 Å². The summed E-state index contributed by atoms with van der Waals surface area (Å²) in [4.78, 5) is 37.4. The number of carboxylic acids is 1. The highest BCUT2D eigenvalue weighted by atomic mass is 16.4. The van der Waals surface area contributed by atoms with Gasteiger partial charge in [0.15, 0.2) is 0 Å². The van der Waals surface area contributed by atoms with Gasteiger partial charge < -0.3 is 5.11 Å². The molecule has 0 bridgehead atoms. The van der Waals surface area contributed by atoms with Gasteiger partial charge in [0.1, 0.15) is 5.54 Å². The molecule has 1 fully saturated rings. The summed E-state index contributed by atoms with van der Waals surface area (Å²) in [6, 6.07) is -0.826. The summed E-state index contributed by atoms with van der Waals surface area (Å²) < 4.78 is 0. The molecule has 1 aliphatic rings. The summed E-state index contributed by atoms with van der Waals surface area (Å²) in [5, 5.41) is 12.4. The zero-order valence-corrected chi connectivity index (χ0v) is 13.3. The molecule has 2 amide bonds. The van der Waals surface area contributed by atoms with Gasteiger partial charge in [0.25, 0.3) is 0 Å². The Morgan fingerprint density at radius 3 is 2.19 bits per heavy atom. The summed E-state index contributed by atoms with van der Waals surface area (Å²) in [5.74, 6) is -1.48. The lowest BCUT2D eigenvalue weighted by Crippen LogP contribution is -2.57. The van der Waals surface area contributed by atoms with Crippen molar-refractivity contribution < 1.29 is 19.5 Å². The van der Waals surface area contributed by atoms with Crippen molar-refractivity contribution in [2.24, 2.45) is 0 Å². The third-order valence-corrected chi connectivity index (χ3v) is 4.56. The maximum atomic E-state index is 12.5. The molecule has 0 aromatic rings. The molecule has 2 N–H and O–H groups in total. The SMILES string of the molecule is CCC(CC)N1C(=O)CC(NC(CC)(CC)C(=O)O)C1=O. The average molecular weight is 298 g/mol. The van der Waals surface area contributed by atoms with E-state index < -0.39 is 17.6 Å². The van der Waals surface area contributed by atoms with Crippen molar-refractivity contribution in [3.8, 4) is 0 Å². The average Bonchev–Trinajstić information content (AvgIpc) is 2.73. The quantitative estimate of drug-likeness (QED) is 0.664. The number of hydrogen-bond acceptors (Lipinski definition) is 4. The number of likely N-dealkylation sites (tertiary alicyclic amines) is 1. The van der Waals surface area contributed by atoms with Gasteiger partial charge in [-0.05, 0) is 25.7 Å². The van der Waals surface area contributed by atoms with Crippen molar-refractivity contribution in [3.05, 3.63) is 0 Å². The Morgan fingerprint density at radius 1 is 1.29 bits per heavy atom. The number of nitrogens with one attached hydrogen (secondary N) is 1. The van der Waals surface area contributed by atoms with E-state index in [0.717, 1.165) is 0 Å². The highest BCUT2D eigenvalue weighted by Crippen LogP contribution is 2.24. The minimum atomic E-state index is -1.15. The summed E-state index contributed by atoms with van der Waals surface area (Å²) in [6.45, 7) is 7.42. The predicted octanol–water partition coefficient (Wildman–Crippen LogP) is 1.54. The molecule has 120 valence electrons. The Bertz CT molecular complexity index is 414. The molecule has 1 atom stereocenters. The number of hydrogen-bond donors (Lipinski definition) is 2. The van der Waals surface area contributed by atoms with E-state index in [0.29, 0.717) is 25.7 Å². The Balaban J connectivity index is 2.94. The van der Waals surface area contributed by atoms with Gasteiger partial charge in [0.05, 0.1) is 12.5 Å². The van der Waals surface area contributed by atoms with Crippen LogP contribution in [0.5, 0.6) is 0 Å². The minimum absolute atomic E-state index is 0.0460. The second-order valence-corrected chi connectivity index (χ2v) is 5.57. The molecule has 0 aliphatic carbocycles. The number of amides is 2. The number of carbonyl (C=O) groups is 3. The lowest BCUT2D eigenvalue weighted by atomic mass is 9.91. The first-order chi connectivity index (χ1) is 9.86. The second-order valence-electron chi connectivity index (χ2n) is 5.57. The summed E-state index contributed by atoms with van der Waals surface area (Å²) in [5.41, 5.74) is -1.15. The van der Waals surface area contributed by atoms with Gasteiger partial charge in [-0.25, -0.2) is 0 Å². The van der Waals surface area contributed by atoms with Gasteiger partial charge in [-0.1, -0.05) is 27.7 Å². The van der Waals surface area contributed by atoms with Crippen molar-refractivity contribution in [3.63, 3.8) is 0 Å². The van der Waals surface area contributed by atoms with E-state index in [-0.39, 0.29) is 24.3 Å². The fourth-order valence-corrected chi connectivity index (χ4v) is 2.95. The molecule has 0 spiro atoms. The van der Waals surface area contributed by atoms with Gasteiger partial charge in [-0.15, -0.1) is 0 Å². The van der Waals surface area contributed by atoms with E-state index in [2.05, 4.69) is 5.32 Å². The Kier molecular flexibility index (Phi) is 5.89. The third kappa shape index (κ3) is 3.26. The zero-order chi connectivity index (χ0) is 16.2. The van der Waals surface area contributed by atoms with Crippen molar-refractivity contribution >= 4 is 17.8 Å². The fraction of sp³-hybridized carbons (Fsp3) is 0.800. The van der Waals surface area contributed by atoms with Crippen molar-refractivity contribution in [1.82, 2.24) is 10.2 Å². The van der Waals surface area contributed by atoms with Crippen LogP contribution >= 0.6 is 0 Å². The summed E-state index contributed by atoms with van der Waals surface area (Å²) in [7, 11) is 0. The lowest BCUT2D eigenvalue weighted by Gasteiger charge is -2.31. The molecular weight excluding hydrogens is 272 g/mol. The molecule has 0 aromatic heterocycles. The summed E-state index contributed by atoms with van der Waals surface area (Å²) in [6.07, 6.45) is 2.20. The molecule has 0 saturated carbocycles. The van der Waals surface area contributed by atoms with Crippen molar-refractivity contribution in [2.45, 2.75) is 77.4 Å². The van der Waals surface area contributed by atoms with Crippen LogP contribution in [-0.4, -0.2) is 45.4 Å². The van der Waals surface area contributed by atoms with E-state index in [1.54, 1.807) is 13.8 Å². The molecule has 1 rings (SSSR count). The molecule has 1 aliphatic heterocycles. The van der Waals surface area contributed by atoms with Crippen LogP contribution in [0.1, 0.15) is 59.8 Å². The smallest absolute Gasteiger partial charge is 0.323 e. The maximum Gasteiger partial charge on any atom is 0.323 e. The first-order valence-corrected chi connectivity index (χ1v) is 7.73. The minimum Gasteiger partial charge on any atom is -0.480 e. The van der Waals surface area contributed by atoms with Crippen LogP contribution in [0.15, 0.2) is 0 Å². The predicted molar refractivity (Wildman–Crippen MR) is 78.7 cm³/mol. The lowest BCUT2D eigenvalue weighted by molar-refractivity contribution is -0.146. The highest BCUT2D eigenvalue weighted by molar-refractivity contribution is 6.06. The normalized spacial score (nSPS) is 19.7. The molecule has 21 heavy (non-hydrogen) atoms. The van der Waals surface area contributed by atoms with Crippen LogP contribution in [0.25, 0.3) is 0 Å². The molecule has 0 radical (unpaired) electrons. The van der Waals surface area contributed by atoms with Gasteiger partial charge in [0, 0.05) is 6.04 Å². The Hall–Kier alpha value is -1.43. The number of aliphatic carboxylic acids is 1. The second kappa shape index (κ2) is 7.02. The largest absolute Gasteiger partial charge is 0.480 e. The molecule has 0 aromatic carbocycles. The fourth-order valence-electron chi connectivity index (χ4n) is 2.95.